The first-order valence-corrected chi connectivity index (χ1v) is 10.4. The highest BCUT2D eigenvalue weighted by Crippen LogP contribution is 2.49. The average Bonchev–Trinajstić information content (AvgIpc) is 3.23. The molecule has 1 aromatic carbocycles. The molecule has 8 nitrogen and oxygen atoms in total. The zero-order valence-corrected chi connectivity index (χ0v) is 16.1. The van der Waals surface area contributed by atoms with Gasteiger partial charge in [-0.1, -0.05) is 12.1 Å². The molecule has 0 bridgehead atoms. The molecule has 1 amide bonds. The molecule has 150 valence electrons. The number of piperazine rings is 1. The van der Waals surface area contributed by atoms with Gasteiger partial charge in [-0.2, -0.15) is 0 Å². The van der Waals surface area contributed by atoms with Crippen LogP contribution in [0.25, 0.3) is 11.3 Å². The lowest BCUT2D eigenvalue weighted by atomic mass is 10.0. The summed E-state index contributed by atoms with van der Waals surface area (Å²) in [5.41, 5.74) is 2.32. The number of carbonyl (C=O) groups excluding carboxylic acids is 1. The summed E-state index contributed by atoms with van der Waals surface area (Å²) in [4.78, 5) is 17.4. The number of piperidine rings is 1. The number of fused-ring (bicyclic) bond motifs is 4. The van der Waals surface area contributed by atoms with Crippen molar-refractivity contribution in [1.82, 2.24) is 20.4 Å². The molecule has 1 aliphatic carbocycles. The van der Waals surface area contributed by atoms with Crippen molar-refractivity contribution < 1.29 is 9.90 Å². The van der Waals surface area contributed by atoms with Gasteiger partial charge in [0.2, 0.25) is 5.91 Å². The molecule has 29 heavy (non-hydrogen) atoms. The summed E-state index contributed by atoms with van der Waals surface area (Å²) in [7, 11) is 0. The fourth-order valence-corrected chi connectivity index (χ4v) is 5.31. The molecule has 1 aromatic heterocycles. The molecular formula is C21H24N6O2. The number of phenolic OH excluding ortho intramolecular Hbond substituents is 1. The van der Waals surface area contributed by atoms with Crippen LogP contribution in [-0.4, -0.2) is 71.4 Å². The molecule has 6 rings (SSSR count). The Morgan fingerprint density at radius 2 is 1.93 bits per heavy atom. The first kappa shape index (κ1) is 17.0. The predicted octanol–water partition coefficient (Wildman–Crippen LogP) is 0.757. The maximum atomic E-state index is 13.0. The van der Waals surface area contributed by atoms with Gasteiger partial charge in [0.1, 0.15) is 5.75 Å². The molecule has 3 N–H and O–H groups in total. The van der Waals surface area contributed by atoms with Crippen LogP contribution in [0.15, 0.2) is 30.3 Å². The third kappa shape index (κ3) is 2.66. The minimum absolute atomic E-state index is 0.196. The van der Waals surface area contributed by atoms with E-state index in [1.807, 2.05) is 18.2 Å². The van der Waals surface area contributed by atoms with Crippen LogP contribution in [0.4, 0.5) is 11.5 Å². The number of amides is 1. The van der Waals surface area contributed by atoms with Crippen LogP contribution < -0.4 is 15.5 Å². The normalized spacial score (nSPS) is 29.5. The highest BCUT2D eigenvalue weighted by atomic mass is 16.3. The molecule has 8 heteroatoms. The van der Waals surface area contributed by atoms with Gasteiger partial charge in [-0.05, 0) is 43.1 Å². The second-order valence-corrected chi connectivity index (χ2v) is 8.50. The van der Waals surface area contributed by atoms with E-state index in [4.69, 9.17) is 0 Å². The molecule has 0 spiro atoms. The van der Waals surface area contributed by atoms with Gasteiger partial charge in [0.15, 0.2) is 5.82 Å². The molecule has 0 radical (unpaired) electrons. The number of anilines is 2. The van der Waals surface area contributed by atoms with E-state index in [2.05, 4.69) is 30.6 Å². The molecule has 4 aliphatic rings. The van der Waals surface area contributed by atoms with E-state index in [0.717, 1.165) is 50.8 Å². The summed E-state index contributed by atoms with van der Waals surface area (Å²) < 4.78 is 0. The van der Waals surface area contributed by atoms with Crippen molar-refractivity contribution in [2.45, 2.75) is 6.04 Å². The molecule has 3 fully saturated rings. The monoisotopic (exact) mass is 392 g/mol. The molecule has 3 aliphatic heterocycles. The molecule has 2 saturated heterocycles. The van der Waals surface area contributed by atoms with E-state index in [1.54, 1.807) is 12.1 Å². The topological polar surface area (TPSA) is 93.6 Å². The van der Waals surface area contributed by atoms with Crippen molar-refractivity contribution in [3.8, 4) is 17.0 Å². The number of rotatable bonds is 2. The Morgan fingerprint density at radius 1 is 1.10 bits per heavy atom. The van der Waals surface area contributed by atoms with Crippen molar-refractivity contribution in [1.29, 1.82) is 0 Å². The first-order chi connectivity index (χ1) is 14.2. The fourth-order valence-electron chi connectivity index (χ4n) is 5.31. The van der Waals surface area contributed by atoms with Gasteiger partial charge in [0, 0.05) is 37.7 Å². The quantitative estimate of drug-likeness (QED) is 0.695. The Kier molecular flexibility index (Phi) is 3.71. The maximum absolute atomic E-state index is 13.0. The summed E-state index contributed by atoms with van der Waals surface area (Å²) in [6.07, 6.45) is 0. The summed E-state index contributed by atoms with van der Waals surface area (Å²) >= 11 is 0. The Balaban J connectivity index is 1.23. The second-order valence-electron chi connectivity index (χ2n) is 8.50. The minimum Gasteiger partial charge on any atom is -0.507 e. The van der Waals surface area contributed by atoms with Gasteiger partial charge < -0.3 is 25.5 Å². The van der Waals surface area contributed by atoms with E-state index < -0.39 is 0 Å². The molecule has 1 unspecified atom stereocenters. The smallest absolute Gasteiger partial charge is 0.226 e. The number of nitrogens with one attached hydrogen (secondary N) is 2. The number of hydrogen-bond acceptors (Lipinski definition) is 7. The van der Waals surface area contributed by atoms with E-state index >= 15 is 0 Å². The Bertz CT molecular complexity index is 971. The number of benzene rings is 1. The SMILES string of the molecule is O=C(C1[C@H]2CNC[C@@H]12)N1CCN2c3cc(-c4ccccc4O)nnc3NC[C@H]2C1. The third-order valence-corrected chi connectivity index (χ3v) is 6.94. The molecule has 4 atom stereocenters. The van der Waals surface area contributed by atoms with Crippen LogP contribution >= 0.6 is 0 Å². The number of phenols is 1. The minimum atomic E-state index is 0.196. The van der Waals surface area contributed by atoms with Gasteiger partial charge in [0.25, 0.3) is 0 Å². The average molecular weight is 392 g/mol. The van der Waals surface area contributed by atoms with E-state index in [9.17, 15) is 9.90 Å². The first-order valence-electron chi connectivity index (χ1n) is 10.4. The van der Waals surface area contributed by atoms with Crippen molar-refractivity contribution in [3.05, 3.63) is 30.3 Å². The summed E-state index contributed by atoms with van der Waals surface area (Å²) in [5, 5.41) is 25.6. The van der Waals surface area contributed by atoms with Crippen LogP contribution in [0.1, 0.15) is 0 Å². The highest BCUT2D eigenvalue weighted by molar-refractivity contribution is 5.83. The predicted molar refractivity (Wildman–Crippen MR) is 109 cm³/mol. The number of hydrogen-bond donors (Lipinski definition) is 3. The number of para-hydroxylation sites is 1. The van der Waals surface area contributed by atoms with Crippen LogP contribution in [0, 0.1) is 17.8 Å². The number of nitrogens with zero attached hydrogens (tertiary/aromatic N) is 4. The van der Waals surface area contributed by atoms with Crippen molar-refractivity contribution in [2.24, 2.45) is 17.8 Å². The lowest BCUT2D eigenvalue weighted by Crippen LogP contribution is -2.59. The number of aromatic hydroxyl groups is 1. The zero-order chi connectivity index (χ0) is 19.5. The third-order valence-electron chi connectivity index (χ3n) is 6.94. The maximum Gasteiger partial charge on any atom is 0.226 e. The largest absolute Gasteiger partial charge is 0.507 e. The standard InChI is InChI=1S/C21H24N6O2/c28-18-4-2-1-3-13(18)16-7-17-20(25-24-16)23-8-12-11-26(5-6-27(12)17)21(29)19-14-9-22-10-15(14)19/h1-4,7,12,14-15,19,22,28H,5-6,8-11H2,(H,23,25)/t12-,14-,15+,19?/m0/s1. The van der Waals surface area contributed by atoms with Crippen molar-refractivity contribution in [2.75, 3.05) is 49.5 Å². The second kappa shape index (κ2) is 6.32. The summed E-state index contributed by atoms with van der Waals surface area (Å²) in [6, 6.07) is 9.39. The van der Waals surface area contributed by atoms with Crippen LogP contribution in [-0.2, 0) is 4.79 Å². The Hall–Kier alpha value is -2.87. The Morgan fingerprint density at radius 3 is 2.76 bits per heavy atom. The lowest BCUT2D eigenvalue weighted by molar-refractivity contribution is -0.134. The van der Waals surface area contributed by atoms with Gasteiger partial charge in [-0.15, -0.1) is 10.2 Å². The van der Waals surface area contributed by atoms with Crippen molar-refractivity contribution in [3.63, 3.8) is 0 Å². The van der Waals surface area contributed by atoms with E-state index in [0.29, 0.717) is 29.0 Å². The molecular weight excluding hydrogens is 368 g/mol. The van der Waals surface area contributed by atoms with Crippen LogP contribution in [0.3, 0.4) is 0 Å². The van der Waals surface area contributed by atoms with E-state index in [-0.39, 0.29) is 17.7 Å². The van der Waals surface area contributed by atoms with Gasteiger partial charge >= 0.3 is 0 Å². The van der Waals surface area contributed by atoms with Crippen LogP contribution in [0.5, 0.6) is 5.75 Å². The summed E-state index contributed by atoms with van der Waals surface area (Å²) in [6.45, 7) is 5.01. The molecule has 1 saturated carbocycles. The van der Waals surface area contributed by atoms with Gasteiger partial charge in [-0.3, -0.25) is 4.79 Å². The number of aromatic nitrogens is 2. The van der Waals surface area contributed by atoms with Crippen molar-refractivity contribution >= 4 is 17.4 Å². The van der Waals surface area contributed by atoms with Gasteiger partial charge in [0.05, 0.1) is 17.4 Å². The molecule has 2 aromatic rings. The molecule has 4 heterocycles. The number of carbonyl (C=O) groups is 1. The summed E-state index contributed by atoms with van der Waals surface area (Å²) in [5.74, 6) is 2.66. The Labute approximate surface area is 168 Å². The van der Waals surface area contributed by atoms with Gasteiger partial charge in [-0.25, -0.2) is 0 Å². The van der Waals surface area contributed by atoms with Crippen LogP contribution in [0.2, 0.25) is 0 Å². The fraction of sp³-hybridized carbons (Fsp3) is 0.476. The zero-order valence-electron chi connectivity index (χ0n) is 16.1. The lowest BCUT2D eigenvalue weighted by Gasteiger charge is -2.46. The highest BCUT2D eigenvalue weighted by Gasteiger charge is 2.58. The van der Waals surface area contributed by atoms with E-state index in [1.165, 1.54) is 0 Å².